The first-order valence-corrected chi connectivity index (χ1v) is 10.6. The third kappa shape index (κ3) is 6.55. The Kier molecular flexibility index (Phi) is 7.48. The molecule has 1 aliphatic rings. The van der Waals surface area contributed by atoms with E-state index in [9.17, 15) is 14.4 Å². The second kappa shape index (κ2) is 10.3. The first-order valence-electron chi connectivity index (χ1n) is 10.6. The lowest BCUT2D eigenvalue weighted by molar-refractivity contribution is -0.123. The second-order valence-electron chi connectivity index (χ2n) is 8.67. The van der Waals surface area contributed by atoms with Gasteiger partial charge in [0.1, 0.15) is 0 Å². The average Bonchev–Trinajstić information content (AvgIpc) is 2.78. The molecule has 1 saturated heterocycles. The minimum absolute atomic E-state index is 0.0359. The van der Waals surface area contributed by atoms with Crippen LogP contribution in [0.15, 0.2) is 48.5 Å². The summed E-state index contributed by atoms with van der Waals surface area (Å²) >= 11 is 0. The van der Waals surface area contributed by atoms with E-state index >= 15 is 0 Å². The molecule has 8 nitrogen and oxygen atoms in total. The summed E-state index contributed by atoms with van der Waals surface area (Å²) in [5.74, 6) is -0.337. The fraction of sp³-hybridized carbons (Fsp3) is 0.375. The molecule has 0 unspecified atom stereocenters. The summed E-state index contributed by atoms with van der Waals surface area (Å²) in [6, 6.07) is 14.1. The van der Waals surface area contributed by atoms with Crippen molar-refractivity contribution in [2.75, 3.05) is 48.8 Å². The summed E-state index contributed by atoms with van der Waals surface area (Å²) < 4.78 is 5.27. The van der Waals surface area contributed by atoms with Gasteiger partial charge in [-0.2, -0.15) is 0 Å². The van der Waals surface area contributed by atoms with Crippen molar-refractivity contribution in [3.63, 3.8) is 0 Å². The molecular weight excluding hydrogens is 408 g/mol. The highest BCUT2D eigenvalue weighted by Crippen LogP contribution is 2.20. The van der Waals surface area contributed by atoms with Crippen LogP contribution in [0.4, 0.5) is 17.1 Å². The van der Waals surface area contributed by atoms with Crippen LogP contribution in [0, 0.1) is 5.41 Å². The van der Waals surface area contributed by atoms with Crippen LogP contribution in [-0.2, 0) is 14.3 Å². The Bertz CT molecular complexity index is 961. The number of morpholine rings is 1. The Labute approximate surface area is 188 Å². The van der Waals surface area contributed by atoms with Gasteiger partial charge in [-0.05, 0) is 42.5 Å². The Balaban J connectivity index is 1.50. The molecule has 0 radical (unpaired) electrons. The molecular formula is C24H30N4O4. The number of anilines is 3. The van der Waals surface area contributed by atoms with Crippen molar-refractivity contribution >= 4 is 34.8 Å². The molecule has 0 saturated carbocycles. The van der Waals surface area contributed by atoms with Crippen molar-refractivity contribution in [3.05, 3.63) is 54.1 Å². The molecule has 2 aromatic rings. The van der Waals surface area contributed by atoms with Crippen LogP contribution < -0.4 is 16.0 Å². The van der Waals surface area contributed by atoms with E-state index in [-0.39, 0.29) is 24.3 Å². The van der Waals surface area contributed by atoms with Crippen molar-refractivity contribution in [3.8, 4) is 0 Å². The zero-order chi connectivity index (χ0) is 23.1. The quantitative estimate of drug-likeness (QED) is 0.643. The molecule has 1 heterocycles. The van der Waals surface area contributed by atoms with Gasteiger partial charge in [0, 0.05) is 41.1 Å². The summed E-state index contributed by atoms with van der Waals surface area (Å²) in [5.41, 5.74) is 2.08. The van der Waals surface area contributed by atoms with Crippen molar-refractivity contribution in [2.24, 2.45) is 5.41 Å². The molecule has 0 aliphatic carbocycles. The molecule has 3 amide bonds. The first-order chi connectivity index (χ1) is 15.2. The highest BCUT2D eigenvalue weighted by atomic mass is 16.5. The maximum atomic E-state index is 12.5. The minimum atomic E-state index is -0.494. The molecule has 0 aromatic heterocycles. The molecule has 8 heteroatoms. The normalized spacial score (nSPS) is 13.9. The molecule has 3 rings (SSSR count). The summed E-state index contributed by atoms with van der Waals surface area (Å²) in [7, 11) is 0. The number of benzene rings is 2. The van der Waals surface area contributed by atoms with E-state index in [2.05, 4.69) is 16.0 Å². The maximum absolute atomic E-state index is 12.5. The van der Waals surface area contributed by atoms with Crippen LogP contribution in [0.2, 0.25) is 0 Å². The first kappa shape index (κ1) is 23.3. The van der Waals surface area contributed by atoms with Gasteiger partial charge in [0.05, 0.1) is 19.8 Å². The van der Waals surface area contributed by atoms with Gasteiger partial charge in [0.25, 0.3) is 5.91 Å². The zero-order valence-electron chi connectivity index (χ0n) is 18.7. The Morgan fingerprint density at radius 3 is 2.22 bits per heavy atom. The zero-order valence-corrected chi connectivity index (χ0v) is 18.7. The van der Waals surface area contributed by atoms with E-state index in [1.807, 2.05) is 32.9 Å². The molecule has 1 aliphatic heterocycles. The standard InChI is InChI=1S/C24H30N4O4/c1-24(2,3)23(31)27-20-6-4-5-19(15-20)25-16-21(29)26-18-9-7-17(8-10-18)22(30)28-11-13-32-14-12-28/h4-10,15,25H,11-14,16H2,1-3H3,(H,26,29)(H,27,31). The van der Waals surface area contributed by atoms with Gasteiger partial charge < -0.3 is 25.6 Å². The van der Waals surface area contributed by atoms with Crippen molar-refractivity contribution in [1.29, 1.82) is 0 Å². The van der Waals surface area contributed by atoms with Gasteiger partial charge in [-0.3, -0.25) is 14.4 Å². The van der Waals surface area contributed by atoms with E-state index in [4.69, 9.17) is 4.74 Å². The minimum Gasteiger partial charge on any atom is -0.378 e. The predicted molar refractivity (Wildman–Crippen MR) is 125 cm³/mol. The van der Waals surface area contributed by atoms with Crippen LogP contribution in [0.25, 0.3) is 0 Å². The molecule has 2 aromatic carbocycles. The van der Waals surface area contributed by atoms with E-state index < -0.39 is 5.41 Å². The Hall–Kier alpha value is -3.39. The Morgan fingerprint density at radius 1 is 0.906 bits per heavy atom. The molecule has 3 N–H and O–H groups in total. The van der Waals surface area contributed by atoms with Gasteiger partial charge in [0.15, 0.2) is 0 Å². The third-order valence-electron chi connectivity index (χ3n) is 4.97. The van der Waals surface area contributed by atoms with Crippen LogP contribution in [0.1, 0.15) is 31.1 Å². The number of carbonyl (C=O) groups is 3. The van der Waals surface area contributed by atoms with E-state index in [1.165, 1.54) is 0 Å². The van der Waals surface area contributed by atoms with Gasteiger partial charge in [-0.1, -0.05) is 26.8 Å². The summed E-state index contributed by atoms with van der Waals surface area (Å²) in [5, 5.41) is 8.73. The van der Waals surface area contributed by atoms with E-state index in [0.717, 1.165) is 5.69 Å². The number of nitrogens with zero attached hydrogens (tertiary/aromatic N) is 1. The average molecular weight is 439 g/mol. The van der Waals surface area contributed by atoms with Gasteiger partial charge in [-0.15, -0.1) is 0 Å². The number of nitrogens with one attached hydrogen (secondary N) is 3. The Morgan fingerprint density at radius 2 is 1.56 bits per heavy atom. The second-order valence-corrected chi connectivity index (χ2v) is 8.67. The number of ether oxygens (including phenoxy) is 1. The number of hydrogen-bond acceptors (Lipinski definition) is 5. The molecule has 0 atom stereocenters. The van der Waals surface area contributed by atoms with Crippen LogP contribution in [0.3, 0.4) is 0 Å². The molecule has 0 bridgehead atoms. The highest BCUT2D eigenvalue weighted by Gasteiger charge is 2.21. The van der Waals surface area contributed by atoms with E-state index in [1.54, 1.807) is 41.3 Å². The maximum Gasteiger partial charge on any atom is 0.254 e. The lowest BCUT2D eigenvalue weighted by atomic mass is 9.95. The van der Waals surface area contributed by atoms with Gasteiger partial charge in [0.2, 0.25) is 11.8 Å². The molecule has 0 spiro atoms. The molecule has 32 heavy (non-hydrogen) atoms. The van der Waals surface area contributed by atoms with Crippen molar-refractivity contribution < 1.29 is 19.1 Å². The summed E-state index contributed by atoms with van der Waals surface area (Å²) in [6.45, 7) is 7.89. The van der Waals surface area contributed by atoms with Gasteiger partial charge >= 0.3 is 0 Å². The number of rotatable bonds is 6. The highest BCUT2D eigenvalue weighted by molar-refractivity contribution is 5.97. The van der Waals surface area contributed by atoms with E-state index in [0.29, 0.717) is 43.2 Å². The lowest BCUT2D eigenvalue weighted by Crippen LogP contribution is -2.40. The monoisotopic (exact) mass is 438 g/mol. The third-order valence-corrected chi connectivity index (χ3v) is 4.97. The summed E-state index contributed by atoms with van der Waals surface area (Å²) in [4.78, 5) is 38.7. The van der Waals surface area contributed by atoms with Crippen LogP contribution in [-0.4, -0.2) is 55.5 Å². The fourth-order valence-electron chi connectivity index (χ4n) is 3.06. The molecule has 170 valence electrons. The topological polar surface area (TPSA) is 99.8 Å². The fourth-order valence-corrected chi connectivity index (χ4v) is 3.06. The van der Waals surface area contributed by atoms with Crippen LogP contribution in [0.5, 0.6) is 0 Å². The number of amides is 3. The predicted octanol–water partition coefficient (Wildman–Crippen LogP) is 3.19. The van der Waals surface area contributed by atoms with Crippen molar-refractivity contribution in [1.82, 2.24) is 4.90 Å². The SMILES string of the molecule is CC(C)(C)C(=O)Nc1cccc(NCC(=O)Nc2ccc(C(=O)N3CCOCC3)cc2)c1. The number of carbonyl (C=O) groups excluding carboxylic acids is 3. The molecule has 1 fully saturated rings. The smallest absolute Gasteiger partial charge is 0.254 e. The van der Waals surface area contributed by atoms with Gasteiger partial charge in [-0.25, -0.2) is 0 Å². The number of hydrogen-bond donors (Lipinski definition) is 3. The largest absolute Gasteiger partial charge is 0.378 e. The summed E-state index contributed by atoms with van der Waals surface area (Å²) in [6.07, 6.45) is 0. The lowest BCUT2D eigenvalue weighted by Gasteiger charge is -2.26. The van der Waals surface area contributed by atoms with Crippen LogP contribution >= 0.6 is 0 Å². The van der Waals surface area contributed by atoms with Crippen molar-refractivity contribution in [2.45, 2.75) is 20.8 Å².